The molecule has 1 aromatic rings. The number of benzene rings is 1. The number of nitrogens with one attached hydrogen (secondary N) is 1. The van der Waals surface area contributed by atoms with Crippen molar-refractivity contribution in [2.45, 2.75) is 0 Å². The van der Waals surface area contributed by atoms with Gasteiger partial charge in [0.05, 0.1) is 5.69 Å². The summed E-state index contributed by atoms with van der Waals surface area (Å²) in [6.45, 7) is 3.85. The minimum Gasteiger partial charge on any atom is -0.482 e. The van der Waals surface area contributed by atoms with E-state index in [0.29, 0.717) is 5.75 Å². The highest BCUT2D eigenvalue weighted by atomic mass is 16.5. The standard InChI is InChI=1S/C9H8NO2/c1-6-2-3-7-8(4-6)12-5-9(11)10-7/h2-4H,1,5H2,(H,10,11). The summed E-state index contributed by atoms with van der Waals surface area (Å²) >= 11 is 0. The Morgan fingerprint density at radius 3 is 3.17 bits per heavy atom. The number of fused-ring (bicyclic) bond motifs is 1. The Hall–Kier alpha value is -1.51. The number of anilines is 1. The van der Waals surface area contributed by atoms with Crippen molar-refractivity contribution in [3.8, 4) is 5.75 Å². The summed E-state index contributed by atoms with van der Waals surface area (Å²) < 4.78 is 5.16. The lowest BCUT2D eigenvalue weighted by molar-refractivity contribution is -0.118. The number of hydrogen-bond acceptors (Lipinski definition) is 2. The van der Waals surface area contributed by atoms with Crippen molar-refractivity contribution < 1.29 is 9.53 Å². The van der Waals surface area contributed by atoms with Crippen LogP contribution >= 0.6 is 0 Å². The van der Waals surface area contributed by atoms with E-state index in [-0.39, 0.29) is 12.5 Å². The summed E-state index contributed by atoms with van der Waals surface area (Å²) in [5.41, 5.74) is 1.60. The van der Waals surface area contributed by atoms with E-state index in [1.165, 1.54) is 0 Å². The minimum absolute atomic E-state index is 0.0937. The normalized spacial score (nSPS) is 14.6. The van der Waals surface area contributed by atoms with Crippen LogP contribution in [0.1, 0.15) is 5.56 Å². The second-order valence-electron chi connectivity index (χ2n) is 2.67. The van der Waals surface area contributed by atoms with Gasteiger partial charge in [0, 0.05) is 0 Å². The van der Waals surface area contributed by atoms with E-state index in [9.17, 15) is 4.79 Å². The van der Waals surface area contributed by atoms with Gasteiger partial charge in [-0.05, 0) is 24.6 Å². The summed E-state index contributed by atoms with van der Waals surface area (Å²) in [6, 6.07) is 5.41. The lowest BCUT2D eigenvalue weighted by Gasteiger charge is -2.17. The number of rotatable bonds is 0. The molecule has 0 spiro atoms. The first-order valence-electron chi connectivity index (χ1n) is 3.64. The highest BCUT2D eigenvalue weighted by Crippen LogP contribution is 2.27. The first-order chi connectivity index (χ1) is 5.75. The maximum atomic E-state index is 10.9. The van der Waals surface area contributed by atoms with Crippen LogP contribution < -0.4 is 10.1 Å². The highest BCUT2D eigenvalue weighted by Gasteiger charge is 2.14. The van der Waals surface area contributed by atoms with Gasteiger partial charge in [-0.1, -0.05) is 6.07 Å². The summed E-state index contributed by atoms with van der Waals surface area (Å²) in [5.74, 6) is 0.585. The van der Waals surface area contributed by atoms with Gasteiger partial charge in [-0.2, -0.15) is 0 Å². The molecule has 12 heavy (non-hydrogen) atoms. The number of carbonyl (C=O) groups excluding carboxylic acids is 1. The fraction of sp³-hybridized carbons (Fsp3) is 0.111. The molecule has 2 rings (SSSR count). The van der Waals surface area contributed by atoms with Gasteiger partial charge in [-0.3, -0.25) is 4.79 Å². The molecule has 0 unspecified atom stereocenters. The third-order valence-corrected chi connectivity index (χ3v) is 1.68. The van der Waals surface area contributed by atoms with E-state index in [1.807, 2.05) is 6.07 Å². The van der Waals surface area contributed by atoms with Crippen molar-refractivity contribution in [2.24, 2.45) is 0 Å². The van der Waals surface area contributed by atoms with E-state index in [0.717, 1.165) is 11.3 Å². The van der Waals surface area contributed by atoms with E-state index in [4.69, 9.17) is 4.74 Å². The van der Waals surface area contributed by atoms with Crippen LogP contribution in [0.15, 0.2) is 18.2 Å². The molecule has 1 heterocycles. The quantitative estimate of drug-likeness (QED) is 0.622. The molecule has 1 aliphatic heterocycles. The number of ether oxygens (including phenoxy) is 1. The van der Waals surface area contributed by atoms with Crippen molar-refractivity contribution in [3.05, 3.63) is 30.7 Å². The molecule has 1 radical (unpaired) electrons. The Morgan fingerprint density at radius 1 is 1.50 bits per heavy atom. The average Bonchev–Trinajstić information content (AvgIpc) is 2.05. The zero-order valence-corrected chi connectivity index (χ0v) is 6.46. The summed E-state index contributed by atoms with van der Waals surface area (Å²) in [6.07, 6.45) is 0. The molecule has 0 aromatic heterocycles. The van der Waals surface area contributed by atoms with Gasteiger partial charge in [0.25, 0.3) is 5.91 Å². The van der Waals surface area contributed by atoms with Gasteiger partial charge in [-0.15, -0.1) is 0 Å². The maximum Gasteiger partial charge on any atom is 0.262 e. The van der Waals surface area contributed by atoms with Gasteiger partial charge < -0.3 is 10.1 Å². The van der Waals surface area contributed by atoms with Crippen molar-refractivity contribution >= 4 is 11.6 Å². The third-order valence-electron chi connectivity index (χ3n) is 1.68. The van der Waals surface area contributed by atoms with Crippen LogP contribution in [0, 0.1) is 6.92 Å². The molecule has 61 valence electrons. The Balaban J connectivity index is 2.43. The van der Waals surface area contributed by atoms with Crippen LogP contribution in [0.5, 0.6) is 5.75 Å². The highest BCUT2D eigenvalue weighted by molar-refractivity contribution is 5.95. The van der Waals surface area contributed by atoms with Gasteiger partial charge in [0.2, 0.25) is 0 Å². The smallest absolute Gasteiger partial charge is 0.262 e. The fourth-order valence-corrected chi connectivity index (χ4v) is 1.12. The van der Waals surface area contributed by atoms with E-state index in [1.54, 1.807) is 12.1 Å². The van der Waals surface area contributed by atoms with E-state index < -0.39 is 0 Å². The average molecular weight is 162 g/mol. The number of carbonyl (C=O) groups is 1. The van der Waals surface area contributed by atoms with Crippen molar-refractivity contribution in [1.29, 1.82) is 0 Å². The number of hydrogen-bond donors (Lipinski definition) is 1. The summed E-state index contributed by atoms with van der Waals surface area (Å²) in [7, 11) is 0. The maximum absolute atomic E-state index is 10.9. The van der Waals surface area contributed by atoms with Crippen molar-refractivity contribution in [1.82, 2.24) is 0 Å². The molecule has 0 fully saturated rings. The van der Waals surface area contributed by atoms with Crippen LogP contribution in [0.25, 0.3) is 0 Å². The Bertz CT molecular complexity index is 333. The Kier molecular flexibility index (Phi) is 1.50. The number of amides is 1. The zero-order valence-electron chi connectivity index (χ0n) is 6.46. The monoisotopic (exact) mass is 162 g/mol. The van der Waals surface area contributed by atoms with Crippen molar-refractivity contribution in [3.63, 3.8) is 0 Å². The second kappa shape index (κ2) is 2.52. The van der Waals surface area contributed by atoms with Crippen LogP contribution in [0.2, 0.25) is 0 Å². The lowest BCUT2D eigenvalue weighted by Crippen LogP contribution is -2.25. The molecule has 1 N–H and O–H groups in total. The zero-order chi connectivity index (χ0) is 8.55. The second-order valence-corrected chi connectivity index (χ2v) is 2.67. The molecule has 1 aromatic carbocycles. The largest absolute Gasteiger partial charge is 0.482 e. The molecular formula is C9H8NO2. The molecule has 0 bridgehead atoms. The third kappa shape index (κ3) is 1.13. The molecule has 3 heteroatoms. The summed E-state index contributed by atoms with van der Waals surface area (Å²) in [4.78, 5) is 10.9. The van der Waals surface area contributed by atoms with Crippen LogP contribution in [0.3, 0.4) is 0 Å². The molecule has 0 aliphatic carbocycles. The first-order valence-corrected chi connectivity index (χ1v) is 3.64. The van der Waals surface area contributed by atoms with Crippen molar-refractivity contribution in [2.75, 3.05) is 11.9 Å². The minimum atomic E-state index is -0.112. The van der Waals surface area contributed by atoms with Gasteiger partial charge in [0.15, 0.2) is 6.61 Å². The SMILES string of the molecule is [CH2]c1ccc2c(c1)OCC(=O)N2. The van der Waals surface area contributed by atoms with Crippen LogP contribution in [-0.2, 0) is 4.79 Å². The van der Waals surface area contributed by atoms with Crippen LogP contribution in [0.4, 0.5) is 5.69 Å². The van der Waals surface area contributed by atoms with Gasteiger partial charge in [-0.25, -0.2) is 0 Å². The fourth-order valence-electron chi connectivity index (χ4n) is 1.12. The molecule has 0 saturated carbocycles. The lowest BCUT2D eigenvalue weighted by atomic mass is 10.2. The molecule has 1 amide bonds. The predicted octanol–water partition coefficient (Wildman–Crippen LogP) is 1.20. The predicted molar refractivity (Wildman–Crippen MR) is 45.0 cm³/mol. The van der Waals surface area contributed by atoms with E-state index >= 15 is 0 Å². The Labute approximate surface area is 70.3 Å². The molecule has 1 aliphatic rings. The molecule has 3 nitrogen and oxygen atoms in total. The van der Waals surface area contributed by atoms with E-state index in [2.05, 4.69) is 12.2 Å². The van der Waals surface area contributed by atoms with Gasteiger partial charge >= 0.3 is 0 Å². The Morgan fingerprint density at radius 2 is 2.33 bits per heavy atom. The topological polar surface area (TPSA) is 38.3 Å². The van der Waals surface area contributed by atoms with Gasteiger partial charge in [0.1, 0.15) is 5.75 Å². The first kappa shape index (κ1) is 7.16. The van der Waals surface area contributed by atoms with Crippen LogP contribution in [-0.4, -0.2) is 12.5 Å². The molecule has 0 saturated heterocycles. The molecular weight excluding hydrogens is 154 g/mol. The molecule has 0 atom stereocenters. The summed E-state index contributed by atoms with van der Waals surface area (Å²) in [5, 5.41) is 2.70.